The summed E-state index contributed by atoms with van der Waals surface area (Å²) in [5.74, 6) is 1.43. The van der Waals surface area contributed by atoms with Gasteiger partial charge in [0, 0.05) is 25.9 Å². The van der Waals surface area contributed by atoms with E-state index >= 15 is 0 Å². The van der Waals surface area contributed by atoms with Crippen molar-refractivity contribution in [2.75, 3.05) is 0 Å². The van der Waals surface area contributed by atoms with Crippen LogP contribution in [0.4, 0.5) is 0 Å². The number of rotatable bonds is 2. The maximum atomic E-state index is 12.0. The van der Waals surface area contributed by atoms with Crippen molar-refractivity contribution in [1.82, 2.24) is 0 Å². The Balaban J connectivity index is 1.79. The Bertz CT molecular complexity index is 461. The summed E-state index contributed by atoms with van der Waals surface area (Å²) in [7, 11) is 0. The van der Waals surface area contributed by atoms with Gasteiger partial charge in [0.1, 0.15) is 5.78 Å². The lowest BCUT2D eigenvalue weighted by molar-refractivity contribution is -0.120. The van der Waals surface area contributed by atoms with E-state index in [1.807, 2.05) is 11.8 Å². The van der Waals surface area contributed by atoms with Gasteiger partial charge in [-0.3, -0.25) is 4.79 Å². The van der Waals surface area contributed by atoms with Gasteiger partial charge in [-0.2, -0.15) is 0 Å². The Morgan fingerprint density at radius 2 is 2.00 bits per heavy atom. The minimum absolute atomic E-state index is 0.241. The first-order chi connectivity index (χ1) is 8.57. The van der Waals surface area contributed by atoms with Crippen molar-refractivity contribution in [1.29, 1.82) is 0 Å². The van der Waals surface area contributed by atoms with Crippen LogP contribution in [-0.2, 0) is 4.79 Å². The van der Waals surface area contributed by atoms with E-state index in [9.17, 15) is 4.79 Å². The number of hydrogen-bond acceptors (Lipinski definition) is 2. The molecule has 2 saturated carbocycles. The molecule has 2 aliphatic rings. The number of hydrogen-bond donors (Lipinski definition) is 0. The van der Waals surface area contributed by atoms with Gasteiger partial charge >= 0.3 is 0 Å². The van der Waals surface area contributed by atoms with Gasteiger partial charge in [0.2, 0.25) is 0 Å². The summed E-state index contributed by atoms with van der Waals surface area (Å²) < 4.78 is 0.824. The number of ketones is 1. The first-order valence-electron chi connectivity index (χ1n) is 6.48. The van der Waals surface area contributed by atoms with Gasteiger partial charge in [0.05, 0.1) is 0 Å². The number of Topliss-reactive ketones (excluding diaryl/α,β-unsaturated/α-hetero) is 1. The maximum Gasteiger partial charge on any atom is 0.137 e. The Hall–Kier alpha value is -0.0300. The molecule has 2 fully saturated rings. The lowest BCUT2D eigenvalue weighted by atomic mass is 9.81. The molecule has 1 aromatic carbocycles. The van der Waals surface area contributed by atoms with Crippen LogP contribution in [0, 0.1) is 11.8 Å². The van der Waals surface area contributed by atoms with Crippen LogP contribution in [-0.4, -0.2) is 14.5 Å². The van der Waals surface area contributed by atoms with Crippen molar-refractivity contribution in [3.8, 4) is 0 Å². The molecular formula is C15H17IOS. The number of halogens is 1. The molecule has 2 bridgehead atoms. The number of benzene rings is 1. The molecule has 0 aromatic heterocycles. The molecule has 0 saturated heterocycles. The lowest BCUT2D eigenvalue weighted by Gasteiger charge is -2.39. The summed E-state index contributed by atoms with van der Waals surface area (Å²) in [5, 5.41) is 0. The van der Waals surface area contributed by atoms with E-state index in [0.29, 0.717) is 21.5 Å². The Labute approximate surface area is 126 Å². The molecule has 0 radical (unpaired) electrons. The standard InChI is InChI=1S/C15H17IOS/c1-15(18-11-5-3-2-4-6-11)8-10-7-13(17)12(9-15)14(10)16/h2-6,10,12,14H,7-9H2,1H3/t10-,12-,14-,15+/m1/s1. The number of fused-ring (bicyclic) bond motifs is 2. The van der Waals surface area contributed by atoms with Gasteiger partial charge in [-0.15, -0.1) is 11.8 Å². The molecule has 1 aromatic rings. The molecule has 0 N–H and O–H groups in total. The van der Waals surface area contributed by atoms with Crippen LogP contribution < -0.4 is 0 Å². The highest BCUT2D eigenvalue weighted by Crippen LogP contribution is 2.54. The van der Waals surface area contributed by atoms with Crippen molar-refractivity contribution >= 4 is 40.1 Å². The van der Waals surface area contributed by atoms with Crippen LogP contribution in [0.25, 0.3) is 0 Å². The zero-order valence-corrected chi connectivity index (χ0v) is 13.4. The Morgan fingerprint density at radius 3 is 2.67 bits per heavy atom. The smallest absolute Gasteiger partial charge is 0.137 e. The molecule has 0 heterocycles. The fourth-order valence-corrected chi connectivity index (χ4v) is 5.99. The molecular weight excluding hydrogens is 355 g/mol. The SMILES string of the molecule is C[C@]1(Sc2ccccc2)C[C@H]2CC(=O)[C@@H](C1)[C@@H]2I. The van der Waals surface area contributed by atoms with Crippen molar-refractivity contribution in [2.45, 2.75) is 39.8 Å². The average Bonchev–Trinajstić information content (AvgIpc) is 2.51. The van der Waals surface area contributed by atoms with Gasteiger partial charge in [-0.1, -0.05) is 47.7 Å². The minimum Gasteiger partial charge on any atom is -0.299 e. The van der Waals surface area contributed by atoms with Gasteiger partial charge in [0.25, 0.3) is 0 Å². The molecule has 18 heavy (non-hydrogen) atoms. The predicted molar refractivity (Wildman–Crippen MR) is 84.4 cm³/mol. The first kappa shape index (κ1) is 13.0. The van der Waals surface area contributed by atoms with Crippen molar-refractivity contribution in [3.05, 3.63) is 30.3 Å². The Kier molecular flexibility index (Phi) is 3.47. The van der Waals surface area contributed by atoms with Crippen LogP contribution in [0.5, 0.6) is 0 Å². The fourth-order valence-electron chi connectivity index (χ4n) is 3.40. The van der Waals surface area contributed by atoms with E-state index in [4.69, 9.17) is 0 Å². The third-order valence-electron chi connectivity index (χ3n) is 4.16. The van der Waals surface area contributed by atoms with Gasteiger partial charge in [0.15, 0.2) is 0 Å². The fraction of sp³-hybridized carbons (Fsp3) is 0.533. The first-order valence-corrected chi connectivity index (χ1v) is 8.54. The van der Waals surface area contributed by atoms with E-state index in [1.54, 1.807) is 0 Å². The van der Waals surface area contributed by atoms with E-state index in [-0.39, 0.29) is 4.75 Å². The number of alkyl halides is 1. The molecule has 0 spiro atoms. The molecule has 3 heteroatoms. The van der Waals surface area contributed by atoms with Gasteiger partial charge < -0.3 is 0 Å². The Morgan fingerprint density at radius 1 is 1.28 bits per heavy atom. The molecule has 2 aliphatic carbocycles. The highest BCUT2D eigenvalue weighted by atomic mass is 127. The largest absolute Gasteiger partial charge is 0.299 e. The zero-order valence-electron chi connectivity index (χ0n) is 10.4. The molecule has 1 nitrogen and oxygen atoms in total. The molecule has 4 atom stereocenters. The second kappa shape index (κ2) is 4.82. The van der Waals surface area contributed by atoms with Gasteiger partial charge in [-0.25, -0.2) is 0 Å². The molecule has 0 aliphatic heterocycles. The normalized spacial score (nSPS) is 39.0. The van der Waals surface area contributed by atoms with E-state index < -0.39 is 0 Å². The summed E-state index contributed by atoms with van der Waals surface area (Å²) in [6.45, 7) is 2.34. The summed E-state index contributed by atoms with van der Waals surface area (Å²) in [6, 6.07) is 10.6. The average molecular weight is 372 g/mol. The van der Waals surface area contributed by atoms with Crippen LogP contribution in [0.15, 0.2) is 35.2 Å². The van der Waals surface area contributed by atoms with Crippen LogP contribution >= 0.6 is 34.4 Å². The van der Waals surface area contributed by atoms with E-state index in [0.717, 1.165) is 12.8 Å². The highest BCUT2D eigenvalue weighted by Gasteiger charge is 2.51. The molecule has 96 valence electrons. The number of carbonyl (C=O) groups excluding carboxylic acids is 1. The second-order valence-corrected chi connectivity index (χ2v) is 8.85. The number of thioether (sulfide) groups is 1. The zero-order chi connectivity index (χ0) is 12.8. The van der Waals surface area contributed by atoms with E-state index in [2.05, 4.69) is 59.8 Å². The predicted octanol–water partition coefficient (Wildman–Crippen LogP) is 4.34. The number of carbonyl (C=O) groups is 1. The minimum atomic E-state index is 0.241. The van der Waals surface area contributed by atoms with Gasteiger partial charge in [-0.05, 0) is 30.9 Å². The topological polar surface area (TPSA) is 17.1 Å². The highest BCUT2D eigenvalue weighted by molar-refractivity contribution is 14.1. The van der Waals surface area contributed by atoms with Crippen molar-refractivity contribution in [2.24, 2.45) is 11.8 Å². The quantitative estimate of drug-likeness (QED) is 0.568. The third kappa shape index (κ3) is 2.36. The van der Waals surface area contributed by atoms with Crippen molar-refractivity contribution in [3.63, 3.8) is 0 Å². The second-order valence-electron chi connectivity index (χ2n) is 5.75. The molecule has 3 rings (SSSR count). The monoisotopic (exact) mass is 372 g/mol. The molecule has 0 unspecified atom stereocenters. The summed E-state index contributed by atoms with van der Waals surface area (Å²) in [6.07, 6.45) is 3.06. The van der Waals surface area contributed by atoms with Crippen LogP contribution in [0.2, 0.25) is 0 Å². The lowest BCUT2D eigenvalue weighted by Crippen LogP contribution is -2.37. The van der Waals surface area contributed by atoms with Crippen LogP contribution in [0.3, 0.4) is 0 Å². The maximum absolute atomic E-state index is 12.0. The van der Waals surface area contributed by atoms with E-state index in [1.165, 1.54) is 11.3 Å². The van der Waals surface area contributed by atoms with Crippen LogP contribution in [0.1, 0.15) is 26.2 Å². The summed E-state index contributed by atoms with van der Waals surface area (Å²) >= 11 is 4.47. The van der Waals surface area contributed by atoms with Crippen molar-refractivity contribution < 1.29 is 4.79 Å². The summed E-state index contributed by atoms with van der Waals surface area (Å²) in [5.41, 5.74) is 0. The summed E-state index contributed by atoms with van der Waals surface area (Å²) in [4.78, 5) is 13.3. The third-order valence-corrected chi connectivity index (χ3v) is 7.38. The molecule has 0 amide bonds.